The van der Waals surface area contributed by atoms with Crippen LogP contribution in [0.25, 0.3) is 0 Å². The van der Waals surface area contributed by atoms with Crippen LogP contribution in [-0.2, 0) is 10.0 Å². The molecule has 138 valence electrons. The third-order valence-corrected chi connectivity index (χ3v) is 5.08. The summed E-state index contributed by atoms with van der Waals surface area (Å²) in [7, 11) is -3.82. The van der Waals surface area contributed by atoms with E-state index in [1.54, 1.807) is 18.2 Å². The number of sulfonamides is 1. The first-order valence-corrected chi connectivity index (χ1v) is 9.31. The van der Waals surface area contributed by atoms with Gasteiger partial charge in [0.1, 0.15) is 5.82 Å². The predicted molar refractivity (Wildman–Crippen MR) is 100 cm³/mol. The molecule has 3 aromatic carbocycles. The highest BCUT2D eigenvalue weighted by atomic mass is 32.2. The van der Waals surface area contributed by atoms with Crippen LogP contribution in [0.15, 0.2) is 77.7 Å². The maximum atomic E-state index is 13.0. The number of carbonyl (C=O) groups is 1. The zero-order valence-corrected chi connectivity index (χ0v) is 14.7. The van der Waals surface area contributed by atoms with Crippen molar-refractivity contribution in [3.05, 3.63) is 84.2 Å². The standard InChI is InChI=1S/C19H15FN2O4S/c20-13-6-8-14(9-7-13)21-18-12-15(10-11-17(18)19(23)24)22-27(25,26)16-4-2-1-3-5-16/h1-12,21-22H,(H,23,24). The van der Waals surface area contributed by atoms with E-state index < -0.39 is 21.8 Å². The normalized spacial score (nSPS) is 11.0. The molecule has 3 rings (SSSR count). The van der Waals surface area contributed by atoms with Crippen molar-refractivity contribution < 1.29 is 22.7 Å². The number of carboxylic acid groups (broad SMARTS) is 1. The van der Waals surface area contributed by atoms with E-state index in [4.69, 9.17) is 0 Å². The molecule has 0 bridgehead atoms. The molecule has 6 nitrogen and oxygen atoms in total. The zero-order valence-electron chi connectivity index (χ0n) is 13.9. The summed E-state index contributed by atoms with van der Waals surface area (Å²) in [5.74, 6) is -1.61. The Balaban J connectivity index is 1.93. The molecular weight excluding hydrogens is 371 g/mol. The van der Waals surface area contributed by atoms with Crippen LogP contribution in [0.2, 0.25) is 0 Å². The largest absolute Gasteiger partial charge is 0.478 e. The second-order valence-corrected chi connectivity index (χ2v) is 7.30. The molecule has 0 spiro atoms. The van der Waals surface area contributed by atoms with Gasteiger partial charge < -0.3 is 10.4 Å². The molecule has 27 heavy (non-hydrogen) atoms. The molecule has 0 aliphatic rings. The zero-order chi connectivity index (χ0) is 19.4. The molecule has 8 heteroatoms. The molecule has 0 aromatic heterocycles. The van der Waals surface area contributed by atoms with E-state index in [2.05, 4.69) is 10.0 Å². The van der Waals surface area contributed by atoms with Gasteiger partial charge in [0.2, 0.25) is 0 Å². The second kappa shape index (κ2) is 7.46. The van der Waals surface area contributed by atoms with Crippen LogP contribution in [-0.4, -0.2) is 19.5 Å². The number of aromatic carboxylic acids is 1. The maximum Gasteiger partial charge on any atom is 0.337 e. The quantitative estimate of drug-likeness (QED) is 0.594. The van der Waals surface area contributed by atoms with Crippen LogP contribution in [0.1, 0.15) is 10.4 Å². The van der Waals surface area contributed by atoms with Crippen molar-refractivity contribution in [2.75, 3.05) is 10.0 Å². The number of carboxylic acids is 1. The topological polar surface area (TPSA) is 95.5 Å². The smallest absolute Gasteiger partial charge is 0.337 e. The minimum absolute atomic E-state index is 0.0537. The third kappa shape index (κ3) is 4.42. The van der Waals surface area contributed by atoms with Crippen molar-refractivity contribution in [2.45, 2.75) is 4.90 Å². The summed E-state index contributed by atoms with van der Waals surface area (Å²) in [5.41, 5.74) is 0.764. The first-order valence-electron chi connectivity index (χ1n) is 7.83. The van der Waals surface area contributed by atoms with E-state index in [1.165, 1.54) is 54.6 Å². The predicted octanol–water partition coefficient (Wildman–Crippen LogP) is 4.07. The first kappa shape index (κ1) is 18.4. The van der Waals surface area contributed by atoms with Gasteiger partial charge in [-0.15, -0.1) is 0 Å². The monoisotopic (exact) mass is 386 g/mol. The van der Waals surface area contributed by atoms with Crippen LogP contribution in [0.5, 0.6) is 0 Å². The van der Waals surface area contributed by atoms with Gasteiger partial charge in [-0.05, 0) is 54.6 Å². The highest BCUT2D eigenvalue weighted by Crippen LogP contribution is 2.26. The summed E-state index contributed by atoms with van der Waals surface area (Å²) >= 11 is 0. The molecule has 0 saturated carbocycles. The van der Waals surface area contributed by atoms with Gasteiger partial charge in [0.25, 0.3) is 10.0 Å². The van der Waals surface area contributed by atoms with Crippen LogP contribution in [0.4, 0.5) is 21.5 Å². The van der Waals surface area contributed by atoms with Crippen molar-refractivity contribution in [2.24, 2.45) is 0 Å². The summed E-state index contributed by atoms with van der Waals surface area (Å²) in [6.07, 6.45) is 0. The molecule has 0 amide bonds. The molecule has 0 aliphatic carbocycles. The molecular formula is C19H15FN2O4S. The van der Waals surface area contributed by atoms with Crippen LogP contribution < -0.4 is 10.0 Å². The lowest BCUT2D eigenvalue weighted by Gasteiger charge is -2.13. The fourth-order valence-electron chi connectivity index (χ4n) is 2.40. The Morgan fingerprint density at radius 2 is 1.52 bits per heavy atom. The molecule has 0 atom stereocenters. The van der Waals surface area contributed by atoms with Crippen molar-refractivity contribution in [1.29, 1.82) is 0 Å². The third-order valence-electron chi connectivity index (χ3n) is 3.68. The molecule has 0 fully saturated rings. The summed E-state index contributed by atoms with van der Waals surface area (Å²) in [4.78, 5) is 11.5. The summed E-state index contributed by atoms with van der Waals surface area (Å²) in [6, 6.07) is 17.2. The number of nitrogens with one attached hydrogen (secondary N) is 2. The van der Waals surface area contributed by atoms with Crippen molar-refractivity contribution in [1.82, 2.24) is 0 Å². The molecule has 0 aliphatic heterocycles. The molecule has 0 radical (unpaired) electrons. The van der Waals surface area contributed by atoms with Crippen LogP contribution in [0.3, 0.4) is 0 Å². The number of benzene rings is 3. The van der Waals surface area contributed by atoms with Gasteiger partial charge in [-0.3, -0.25) is 4.72 Å². The number of anilines is 3. The highest BCUT2D eigenvalue weighted by molar-refractivity contribution is 7.92. The lowest BCUT2D eigenvalue weighted by atomic mass is 10.1. The van der Waals surface area contributed by atoms with E-state index in [0.29, 0.717) is 5.69 Å². The van der Waals surface area contributed by atoms with Gasteiger partial charge in [-0.25, -0.2) is 17.6 Å². The first-order chi connectivity index (χ1) is 12.8. The average molecular weight is 386 g/mol. The average Bonchev–Trinajstić information content (AvgIpc) is 2.64. The lowest BCUT2D eigenvalue weighted by Crippen LogP contribution is -2.13. The minimum Gasteiger partial charge on any atom is -0.478 e. The Labute approximate surface area is 155 Å². The summed E-state index contributed by atoms with van der Waals surface area (Å²) < 4.78 is 40.3. The second-order valence-electron chi connectivity index (χ2n) is 5.62. The number of hydrogen-bond donors (Lipinski definition) is 3. The fourth-order valence-corrected chi connectivity index (χ4v) is 3.47. The van der Waals surface area contributed by atoms with Gasteiger partial charge >= 0.3 is 5.97 Å². The fraction of sp³-hybridized carbons (Fsp3) is 0. The van der Waals surface area contributed by atoms with E-state index in [1.807, 2.05) is 0 Å². The molecule has 0 saturated heterocycles. The van der Waals surface area contributed by atoms with Crippen molar-refractivity contribution >= 4 is 33.1 Å². The Morgan fingerprint density at radius 1 is 0.889 bits per heavy atom. The van der Waals surface area contributed by atoms with E-state index in [-0.39, 0.29) is 21.8 Å². The van der Waals surface area contributed by atoms with Crippen molar-refractivity contribution in [3.8, 4) is 0 Å². The Bertz CT molecular complexity index is 1070. The summed E-state index contributed by atoms with van der Waals surface area (Å²) in [6.45, 7) is 0. The number of hydrogen-bond acceptors (Lipinski definition) is 4. The maximum absolute atomic E-state index is 13.0. The Hall–Kier alpha value is -3.39. The van der Waals surface area contributed by atoms with E-state index >= 15 is 0 Å². The van der Waals surface area contributed by atoms with E-state index in [0.717, 1.165) is 0 Å². The molecule has 0 unspecified atom stereocenters. The van der Waals surface area contributed by atoms with Gasteiger partial charge in [0.05, 0.1) is 21.8 Å². The highest BCUT2D eigenvalue weighted by Gasteiger charge is 2.16. The molecule has 0 heterocycles. The van der Waals surface area contributed by atoms with E-state index in [9.17, 15) is 22.7 Å². The summed E-state index contributed by atoms with van der Waals surface area (Å²) in [5, 5.41) is 12.2. The molecule has 3 aromatic rings. The number of rotatable bonds is 6. The Morgan fingerprint density at radius 3 is 2.15 bits per heavy atom. The molecule has 3 N–H and O–H groups in total. The van der Waals surface area contributed by atoms with Gasteiger partial charge in [-0.2, -0.15) is 0 Å². The van der Waals surface area contributed by atoms with Gasteiger partial charge in [-0.1, -0.05) is 18.2 Å². The van der Waals surface area contributed by atoms with Gasteiger partial charge in [0.15, 0.2) is 0 Å². The van der Waals surface area contributed by atoms with Gasteiger partial charge in [0, 0.05) is 5.69 Å². The van der Waals surface area contributed by atoms with Crippen LogP contribution in [0, 0.1) is 5.82 Å². The SMILES string of the molecule is O=C(O)c1ccc(NS(=O)(=O)c2ccccc2)cc1Nc1ccc(F)cc1. The number of halogens is 1. The lowest BCUT2D eigenvalue weighted by molar-refractivity contribution is 0.0698. The minimum atomic E-state index is -3.82. The van der Waals surface area contributed by atoms with Crippen LogP contribution >= 0.6 is 0 Å². The Kier molecular flexibility index (Phi) is 5.09. The van der Waals surface area contributed by atoms with Crippen molar-refractivity contribution in [3.63, 3.8) is 0 Å².